The summed E-state index contributed by atoms with van der Waals surface area (Å²) in [5.41, 5.74) is 3.41. The zero-order valence-corrected chi connectivity index (χ0v) is 11.2. The summed E-state index contributed by atoms with van der Waals surface area (Å²) in [6.45, 7) is 1.61. The lowest BCUT2D eigenvalue weighted by Crippen LogP contribution is -1.95. The van der Waals surface area contributed by atoms with Gasteiger partial charge in [-0.05, 0) is 35.7 Å². The van der Waals surface area contributed by atoms with Crippen LogP contribution in [0.25, 0.3) is 11.1 Å². The van der Waals surface area contributed by atoms with Gasteiger partial charge in [-0.3, -0.25) is 4.79 Å². The second kappa shape index (κ2) is 5.28. The molecule has 0 saturated heterocycles. The van der Waals surface area contributed by atoms with E-state index < -0.39 is 0 Å². The maximum Gasteiger partial charge on any atom is 0.134 e. The molecule has 0 aromatic heterocycles. The largest absolute Gasteiger partial charge is 0.300 e. The Bertz CT molecular complexity index is 529. The summed E-state index contributed by atoms with van der Waals surface area (Å²) in [5.74, 6) is 0.195. The van der Waals surface area contributed by atoms with Crippen molar-refractivity contribution in [1.29, 1.82) is 0 Å². The lowest BCUT2D eigenvalue weighted by molar-refractivity contribution is -0.116. The SMILES string of the molecule is CC(=O)Cc1ccc(-c2cccc(Br)c2)cc1. The molecule has 0 aliphatic rings. The minimum Gasteiger partial charge on any atom is -0.300 e. The second-order valence-corrected chi connectivity index (χ2v) is 5.00. The number of carbonyl (C=O) groups excluding carboxylic acids is 1. The van der Waals surface area contributed by atoms with Gasteiger partial charge in [-0.25, -0.2) is 0 Å². The van der Waals surface area contributed by atoms with Gasteiger partial charge in [0.15, 0.2) is 0 Å². The fourth-order valence-corrected chi connectivity index (χ4v) is 2.17. The number of ketones is 1. The molecule has 0 N–H and O–H groups in total. The monoisotopic (exact) mass is 288 g/mol. The van der Waals surface area contributed by atoms with Gasteiger partial charge in [-0.1, -0.05) is 52.3 Å². The number of rotatable bonds is 3. The Hall–Kier alpha value is -1.41. The van der Waals surface area contributed by atoms with Crippen LogP contribution < -0.4 is 0 Å². The van der Waals surface area contributed by atoms with Gasteiger partial charge in [0.1, 0.15) is 5.78 Å². The molecule has 0 amide bonds. The summed E-state index contributed by atoms with van der Waals surface area (Å²) in [5, 5.41) is 0. The summed E-state index contributed by atoms with van der Waals surface area (Å²) in [7, 11) is 0. The zero-order chi connectivity index (χ0) is 12.3. The third kappa shape index (κ3) is 3.27. The van der Waals surface area contributed by atoms with E-state index in [2.05, 4.69) is 40.2 Å². The Kier molecular flexibility index (Phi) is 3.75. The quantitative estimate of drug-likeness (QED) is 0.825. The topological polar surface area (TPSA) is 17.1 Å². The maximum absolute atomic E-state index is 11.0. The van der Waals surface area contributed by atoms with Crippen LogP contribution in [0.3, 0.4) is 0 Å². The number of Topliss-reactive ketones (excluding diaryl/α,β-unsaturated/α-hetero) is 1. The molecule has 0 heterocycles. The van der Waals surface area contributed by atoms with E-state index in [1.54, 1.807) is 6.92 Å². The zero-order valence-electron chi connectivity index (χ0n) is 9.61. The average Bonchev–Trinajstić information content (AvgIpc) is 2.29. The van der Waals surface area contributed by atoms with Crippen molar-refractivity contribution in [3.8, 4) is 11.1 Å². The van der Waals surface area contributed by atoms with E-state index in [4.69, 9.17) is 0 Å². The fraction of sp³-hybridized carbons (Fsp3) is 0.133. The van der Waals surface area contributed by atoms with Crippen molar-refractivity contribution in [1.82, 2.24) is 0 Å². The normalized spacial score (nSPS) is 10.2. The lowest BCUT2D eigenvalue weighted by atomic mass is 10.0. The molecule has 17 heavy (non-hydrogen) atoms. The number of carbonyl (C=O) groups is 1. The molecule has 2 heteroatoms. The average molecular weight is 289 g/mol. The Morgan fingerprint density at radius 3 is 2.35 bits per heavy atom. The van der Waals surface area contributed by atoms with Gasteiger partial charge in [0, 0.05) is 10.9 Å². The highest BCUT2D eigenvalue weighted by atomic mass is 79.9. The summed E-state index contributed by atoms with van der Waals surface area (Å²) < 4.78 is 1.07. The molecule has 2 rings (SSSR count). The summed E-state index contributed by atoms with van der Waals surface area (Å²) in [6.07, 6.45) is 0.513. The molecule has 0 radical (unpaired) electrons. The predicted octanol–water partition coefficient (Wildman–Crippen LogP) is 4.25. The van der Waals surface area contributed by atoms with Crippen LogP contribution in [0.1, 0.15) is 12.5 Å². The Morgan fingerprint density at radius 2 is 1.76 bits per heavy atom. The lowest BCUT2D eigenvalue weighted by Gasteiger charge is -2.04. The van der Waals surface area contributed by atoms with Crippen molar-refractivity contribution in [3.05, 3.63) is 58.6 Å². The molecule has 1 nitrogen and oxygen atoms in total. The van der Waals surface area contributed by atoms with Crippen molar-refractivity contribution >= 4 is 21.7 Å². The van der Waals surface area contributed by atoms with E-state index in [0.717, 1.165) is 10.0 Å². The summed E-state index contributed by atoms with van der Waals surface area (Å²) >= 11 is 3.46. The van der Waals surface area contributed by atoms with E-state index in [0.29, 0.717) is 6.42 Å². The first-order valence-electron chi connectivity index (χ1n) is 5.49. The van der Waals surface area contributed by atoms with E-state index >= 15 is 0 Å². The number of hydrogen-bond acceptors (Lipinski definition) is 1. The molecule has 0 fully saturated rings. The van der Waals surface area contributed by atoms with Crippen LogP contribution in [0.15, 0.2) is 53.0 Å². The maximum atomic E-state index is 11.0. The van der Waals surface area contributed by atoms with Gasteiger partial charge >= 0.3 is 0 Å². The highest BCUT2D eigenvalue weighted by Crippen LogP contribution is 2.23. The molecule has 0 aliphatic carbocycles. The molecule has 86 valence electrons. The number of benzene rings is 2. The smallest absolute Gasteiger partial charge is 0.134 e. The van der Waals surface area contributed by atoms with Crippen LogP contribution in [0.2, 0.25) is 0 Å². The molecular weight excluding hydrogens is 276 g/mol. The second-order valence-electron chi connectivity index (χ2n) is 4.09. The number of hydrogen-bond donors (Lipinski definition) is 0. The molecule has 0 aliphatic heterocycles. The fourth-order valence-electron chi connectivity index (χ4n) is 1.77. The first kappa shape index (κ1) is 12.1. The van der Waals surface area contributed by atoms with Gasteiger partial charge in [0.25, 0.3) is 0 Å². The highest BCUT2D eigenvalue weighted by molar-refractivity contribution is 9.10. The third-order valence-corrected chi connectivity index (χ3v) is 3.06. The number of halogens is 1. The summed E-state index contributed by atoms with van der Waals surface area (Å²) in [6, 6.07) is 16.3. The van der Waals surface area contributed by atoms with Crippen LogP contribution in [-0.2, 0) is 11.2 Å². The van der Waals surface area contributed by atoms with Crippen LogP contribution >= 0.6 is 15.9 Å². The van der Waals surface area contributed by atoms with E-state index in [-0.39, 0.29) is 5.78 Å². The third-order valence-electron chi connectivity index (χ3n) is 2.56. The van der Waals surface area contributed by atoms with Gasteiger partial charge < -0.3 is 0 Å². The van der Waals surface area contributed by atoms with Crippen molar-refractivity contribution in [2.75, 3.05) is 0 Å². The van der Waals surface area contributed by atoms with E-state index in [1.165, 1.54) is 11.1 Å². The van der Waals surface area contributed by atoms with E-state index in [9.17, 15) is 4.79 Å². The summed E-state index contributed by atoms with van der Waals surface area (Å²) in [4.78, 5) is 11.0. The van der Waals surface area contributed by atoms with Gasteiger partial charge in [0.05, 0.1) is 0 Å². The molecule has 0 unspecified atom stereocenters. The van der Waals surface area contributed by atoms with Crippen molar-refractivity contribution < 1.29 is 4.79 Å². The highest BCUT2D eigenvalue weighted by Gasteiger charge is 2.00. The van der Waals surface area contributed by atoms with Gasteiger partial charge in [-0.15, -0.1) is 0 Å². The minimum absolute atomic E-state index is 0.195. The van der Waals surface area contributed by atoms with Crippen LogP contribution in [0.5, 0.6) is 0 Å². The van der Waals surface area contributed by atoms with Crippen molar-refractivity contribution in [2.45, 2.75) is 13.3 Å². The molecule has 0 spiro atoms. The van der Waals surface area contributed by atoms with Crippen molar-refractivity contribution in [2.24, 2.45) is 0 Å². The standard InChI is InChI=1S/C15H13BrO/c1-11(17)9-12-5-7-13(8-6-12)14-3-2-4-15(16)10-14/h2-8,10H,9H2,1H3. The Morgan fingerprint density at radius 1 is 1.06 bits per heavy atom. The molecular formula is C15H13BrO. The first-order chi connectivity index (χ1) is 8.15. The predicted molar refractivity (Wildman–Crippen MR) is 74.0 cm³/mol. The molecule has 2 aromatic carbocycles. The molecule has 2 aromatic rings. The molecule has 0 saturated carbocycles. The van der Waals surface area contributed by atoms with Crippen LogP contribution in [0.4, 0.5) is 0 Å². The van der Waals surface area contributed by atoms with E-state index in [1.807, 2.05) is 24.3 Å². The van der Waals surface area contributed by atoms with Crippen molar-refractivity contribution in [3.63, 3.8) is 0 Å². The minimum atomic E-state index is 0.195. The Balaban J connectivity index is 2.26. The van der Waals surface area contributed by atoms with Crippen LogP contribution in [0, 0.1) is 0 Å². The first-order valence-corrected chi connectivity index (χ1v) is 6.29. The van der Waals surface area contributed by atoms with Gasteiger partial charge in [0.2, 0.25) is 0 Å². The molecule has 0 atom stereocenters. The molecule has 0 bridgehead atoms. The van der Waals surface area contributed by atoms with Gasteiger partial charge in [-0.2, -0.15) is 0 Å². The van der Waals surface area contributed by atoms with Crippen LogP contribution in [-0.4, -0.2) is 5.78 Å². The Labute approximate surface area is 110 Å².